The van der Waals surface area contributed by atoms with Crippen molar-refractivity contribution in [2.45, 2.75) is 69.4 Å². The van der Waals surface area contributed by atoms with Gasteiger partial charge in [0.15, 0.2) is 6.29 Å². The zero-order valence-corrected chi connectivity index (χ0v) is 11.7. The second-order valence-corrected chi connectivity index (χ2v) is 5.68. The minimum absolute atomic E-state index is 0.0468. The summed E-state index contributed by atoms with van der Waals surface area (Å²) in [4.78, 5) is 0. The van der Waals surface area contributed by atoms with Crippen LogP contribution in [0.25, 0.3) is 0 Å². The van der Waals surface area contributed by atoms with Gasteiger partial charge in [0.05, 0.1) is 12.2 Å². The summed E-state index contributed by atoms with van der Waals surface area (Å²) in [6.45, 7) is 0.323. The third-order valence-corrected chi connectivity index (χ3v) is 3.73. The molecule has 1 heterocycles. The highest BCUT2D eigenvalue weighted by Gasteiger charge is 2.32. The van der Waals surface area contributed by atoms with Crippen molar-refractivity contribution >= 4 is 0 Å². The molecular formula is C14H24F2O4. The van der Waals surface area contributed by atoms with Gasteiger partial charge in [0, 0.05) is 19.6 Å². The van der Waals surface area contributed by atoms with E-state index in [-0.39, 0.29) is 18.6 Å². The van der Waals surface area contributed by atoms with Crippen LogP contribution in [0.1, 0.15) is 44.9 Å². The summed E-state index contributed by atoms with van der Waals surface area (Å²) in [6.07, 6.45) is 3.25. The Morgan fingerprint density at radius 3 is 2.65 bits per heavy atom. The lowest BCUT2D eigenvalue weighted by Crippen LogP contribution is -2.36. The maximum absolute atomic E-state index is 13.6. The van der Waals surface area contributed by atoms with E-state index < -0.39 is 18.8 Å². The Hall–Kier alpha value is -0.300. The molecule has 2 aliphatic rings. The molecule has 0 bridgehead atoms. The number of aliphatic hydroxyl groups excluding tert-OH is 1. The number of ether oxygens (including phenoxy) is 3. The van der Waals surface area contributed by atoms with Crippen molar-refractivity contribution in [3.8, 4) is 0 Å². The molecule has 0 amide bonds. The Bertz CT molecular complexity index is 276. The van der Waals surface area contributed by atoms with Gasteiger partial charge < -0.3 is 19.3 Å². The van der Waals surface area contributed by atoms with Gasteiger partial charge in [0.25, 0.3) is 5.92 Å². The molecule has 1 aliphatic carbocycles. The van der Waals surface area contributed by atoms with E-state index in [1.165, 1.54) is 0 Å². The lowest BCUT2D eigenvalue weighted by molar-refractivity contribution is -0.202. The first kappa shape index (κ1) is 16.1. The van der Waals surface area contributed by atoms with E-state index >= 15 is 0 Å². The van der Waals surface area contributed by atoms with Gasteiger partial charge in [-0.15, -0.1) is 0 Å². The predicted octanol–water partition coefficient (Wildman–Crippen LogP) is 2.49. The van der Waals surface area contributed by atoms with Gasteiger partial charge in [-0.3, -0.25) is 0 Å². The summed E-state index contributed by atoms with van der Waals surface area (Å²) in [6, 6.07) is 0. The van der Waals surface area contributed by atoms with Crippen LogP contribution in [0.15, 0.2) is 0 Å². The van der Waals surface area contributed by atoms with Crippen LogP contribution in [0.4, 0.5) is 8.78 Å². The van der Waals surface area contributed by atoms with Crippen molar-refractivity contribution in [1.82, 2.24) is 0 Å². The molecule has 1 aliphatic heterocycles. The Morgan fingerprint density at radius 1 is 1.20 bits per heavy atom. The summed E-state index contributed by atoms with van der Waals surface area (Å²) in [5.41, 5.74) is 0. The van der Waals surface area contributed by atoms with E-state index in [9.17, 15) is 8.78 Å². The van der Waals surface area contributed by atoms with Crippen LogP contribution in [0.3, 0.4) is 0 Å². The Labute approximate surface area is 118 Å². The summed E-state index contributed by atoms with van der Waals surface area (Å²) in [7, 11) is 0. The second-order valence-electron chi connectivity index (χ2n) is 5.68. The topological polar surface area (TPSA) is 47.9 Å². The Morgan fingerprint density at radius 2 is 2.00 bits per heavy atom. The molecule has 2 fully saturated rings. The van der Waals surface area contributed by atoms with Crippen LogP contribution in [0.2, 0.25) is 0 Å². The zero-order chi connectivity index (χ0) is 14.4. The van der Waals surface area contributed by atoms with E-state index in [1.807, 2.05) is 0 Å². The van der Waals surface area contributed by atoms with Gasteiger partial charge in [-0.2, -0.15) is 0 Å². The van der Waals surface area contributed by atoms with Crippen LogP contribution in [0, 0.1) is 0 Å². The fourth-order valence-electron chi connectivity index (χ4n) is 2.38. The molecule has 0 spiro atoms. The maximum atomic E-state index is 13.6. The molecule has 6 heteroatoms. The SMILES string of the molecule is OC1CC(OCCCC(F)(F)COC2CCCCO2)C1. The molecule has 0 aromatic heterocycles. The molecule has 118 valence electrons. The summed E-state index contributed by atoms with van der Waals surface area (Å²) >= 11 is 0. The third-order valence-electron chi connectivity index (χ3n) is 3.73. The Balaban J connectivity index is 1.51. The van der Waals surface area contributed by atoms with Crippen LogP contribution in [-0.2, 0) is 14.2 Å². The molecule has 1 saturated heterocycles. The number of halogens is 2. The number of alkyl halides is 2. The van der Waals surface area contributed by atoms with Crippen molar-refractivity contribution in [2.75, 3.05) is 19.8 Å². The van der Waals surface area contributed by atoms with E-state index in [0.717, 1.165) is 12.8 Å². The van der Waals surface area contributed by atoms with Gasteiger partial charge in [-0.05, 0) is 38.5 Å². The maximum Gasteiger partial charge on any atom is 0.271 e. The average molecular weight is 294 g/mol. The number of rotatable bonds is 8. The van der Waals surface area contributed by atoms with Gasteiger partial charge in [0.1, 0.15) is 6.61 Å². The van der Waals surface area contributed by atoms with Crippen LogP contribution in [-0.4, -0.2) is 49.3 Å². The van der Waals surface area contributed by atoms with E-state index in [2.05, 4.69) is 0 Å². The fourth-order valence-corrected chi connectivity index (χ4v) is 2.38. The highest BCUT2D eigenvalue weighted by molar-refractivity contribution is 4.79. The summed E-state index contributed by atoms with van der Waals surface area (Å²) < 4.78 is 42.9. The molecule has 4 nitrogen and oxygen atoms in total. The summed E-state index contributed by atoms with van der Waals surface area (Å²) in [5, 5.41) is 9.07. The molecule has 1 atom stereocenters. The number of hydrogen-bond donors (Lipinski definition) is 1. The molecule has 1 N–H and O–H groups in total. The standard InChI is InChI=1S/C14H24F2O4/c15-14(16,10-20-13-4-1-2-6-19-13)5-3-7-18-12-8-11(17)9-12/h11-13,17H,1-10H2. The van der Waals surface area contributed by atoms with Crippen LogP contribution < -0.4 is 0 Å². The molecule has 0 aromatic rings. The minimum Gasteiger partial charge on any atom is -0.393 e. The molecule has 1 unspecified atom stereocenters. The lowest BCUT2D eigenvalue weighted by atomic mass is 9.92. The zero-order valence-electron chi connectivity index (χ0n) is 11.7. The number of aliphatic hydroxyl groups is 1. The molecule has 0 aromatic carbocycles. The van der Waals surface area contributed by atoms with Gasteiger partial charge >= 0.3 is 0 Å². The predicted molar refractivity (Wildman–Crippen MR) is 68.7 cm³/mol. The number of hydrogen-bond acceptors (Lipinski definition) is 4. The Kier molecular flexibility index (Phi) is 6.14. The first-order valence-corrected chi connectivity index (χ1v) is 7.46. The van der Waals surface area contributed by atoms with E-state index in [4.69, 9.17) is 19.3 Å². The first-order chi connectivity index (χ1) is 9.55. The minimum atomic E-state index is -2.83. The van der Waals surface area contributed by atoms with E-state index in [1.54, 1.807) is 0 Å². The average Bonchev–Trinajstić information content (AvgIpc) is 2.40. The monoisotopic (exact) mass is 294 g/mol. The largest absolute Gasteiger partial charge is 0.393 e. The smallest absolute Gasteiger partial charge is 0.271 e. The van der Waals surface area contributed by atoms with Crippen molar-refractivity contribution in [3.63, 3.8) is 0 Å². The van der Waals surface area contributed by atoms with Crippen molar-refractivity contribution in [3.05, 3.63) is 0 Å². The quantitative estimate of drug-likeness (QED) is 0.699. The third kappa shape index (κ3) is 5.60. The molecule has 1 saturated carbocycles. The first-order valence-electron chi connectivity index (χ1n) is 7.46. The highest BCUT2D eigenvalue weighted by Crippen LogP contribution is 2.26. The van der Waals surface area contributed by atoms with Gasteiger partial charge in [0.2, 0.25) is 0 Å². The molecule has 2 rings (SSSR count). The second kappa shape index (κ2) is 7.64. The van der Waals surface area contributed by atoms with Crippen molar-refractivity contribution < 1.29 is 28.1 Å². The van der Waals surface area contributed by atoms with E-state index in [0.29, 0.717) is 38.9 Å². The molecule has 0 radical (unpaired) electrons. The normalized spacial score (nSPS) is 31.1. The van der Waals surface area contributed by atoms with Crippen molar-refractivity contribution in [1.29, 1.82) is 0 Å². The van der Waals surface area contributed by atoms with Crippen LogP contribution in [0.5, 0.6) is 0 Å². The van der Waals surface area contributed by atoms with Crippen LogP contribution >= 0.6 is 0 Å². The highest BCUT2D eigenvalue weighted by atomic mass is 19.3. The van der Waals surface area contributed by atoms with Gasteiger partial charge in [-0.1, -0.05) is 0 Å². The van der Waals surface area contributed by atoms with Crippen molar-refractivity contribution in [2.24, 2.45) is 0 Å². The molecular weight excluding hydrogens is 270 g/mol. The van der Waals surface area contributed by atoms with Gasteiger partial charge in [-0.25, -0.2) is 8.78 Å². The summed E-state index contributed by atoms with van der Waals surface area (Å²) in [5.74, 6) is -2.83. The molecule has 20 heavy (non-hydrogen) atoms. The lowest BCUT2D eigenvalue weighted by Gasteiger charge is -2.31. The fraction of sp³-hybridized carbons (Fsp3) is 1.00.